The van der Waals surface area contributed by atoms with Crippen LogP contribution < -0.4 is 4.74 Å². The van der Waals surface area contributed by atoms with Gasteiger partial charge in [-0.2, -0.15) is 0 Å². The number of ketones is 1. The highest BCUT2D eigenvalue weighted by molar-refractivity contribution is 6.87. The molecule has 0 bridgehead atoms. The molecule has 2 atom stereocenters. The molecule has 188 valence electrons. The van der Waals surface area contributed by atoms with Gasteiger partial charge in [0.15, 0.2) is 22.4 Å². The van der Waals surface area contributed by atoms with Gasteiger partial charge in [-0.05, 0) is 82.6 Å². The summed E-state index contributed by atoms with van der Waals surface area (Å²) in [6.07, 6.45) is 0.731. The molecule has 2 unspecified atom stereocenters. The Morgan fingerprint density at radius 2 is 1.26 bits per heavy atom. The second kappa shape index (κ2) is 11.6. The molecule has 0 aliphatic heterocycles. The molecule has 2 rings (SSSR count). The SMILES string of the molecule is C[Si](C)(C)O[Si](C)(O)O[Si](C)(CCCOc1ccc(C(=O)c2ccccc2)cc1)O[Si](C)(C)C. The maximum atomic E-state index is 12.6. The van der Waals surface area contributed by atoms with E-state index in [9.17, 15) is 9.59 Å². The summed E-state index contributed by atoms with van der Waals surface area (Å²) in [4.78, 5) is 23.5. The van der Waals surface area contributed by atoms with Crippen LogP contribution in [0.15, 0.2) is 54.6 Å². The summed E-state index contributed by atoms with van der Waals surface area (Å²) in [7, 11) is -9.81. The number of hydrogen-bond acceptors (Lipinski definition) is 6. The summed E-state index contributed by atoms with van der Waals surface area (Å²) in [6, 6.07) is 17.1. The quantitative estimate of drug-likeness (QED) is 0.191. The molecule has 0 fully saturated rings. The minimum Gasteiger partial charge on any atom is -0.494 e. The number of carbonyl (C=O) groups excluding carboxylic acids is 1. The molecule has 0 aliphatic rings. The molecule has 0 amide bonds. The van der Waals surface area contributed by atoms with Crippen LogP contribution in [0.5, 0.6) is 5.75 Å². The molecule has 2 aromatic rings. The van der Waals surface area contributed by atoms with Crippen molar-refractivity contribution in [2.45, 2.75) is 64.8 Å². The third-order valence-electron chi connectivity index (χ3n) is 4.62. The van der Waals surface area contributed by atoms with Crippen molar-refractivity contribution >= 4 is 39.8 Å². The molecule has 1 N–H and O–H groups in total. The lowest BCUT2D eigenvalue weighted by Gasteiger charge is -2.39. The van der Waals surface area contributed by atoms with Crippen LogP contribution in [0.1, 0.15) is 22.3 Å². The monoisotopic (exact) mass is 536 g/mol. The molecule has 34 heavy (non-hydrogen) atoms. The van der Waals surface area contributed by atoms with Crippen LogP contribution in [0.2, 0.25) is 58.4 Å². The summed E-state index contributed by atoms with van der Waals surface area (Å²) in [5.41, 5.74) is 1.30. The molecule has 0 radical (unpaired) electrons. The summed E-state index contributed by atoms with van der Waals surface area (Å²) in [5.74, 6) is 0.703. The van der Waals surface area contributed by atoms with Crippen molar-refractivity contribution in [3.63, 3.8) is 0 Å². The maximum Gasteiger partial charge on any atom is 0.475 e. The van der Waals surface area contributed by atoms with E-state index in [0.29, 0.717) is 29.5 Å². The summed E-state index contributed by atoms with van der Waals surface area (Å²) in [5, 5.41) is 0. The first-order chi connectivity index (χ1) is 15.6. The Morgan fingerprint density at radius 1 is 0.735 bits per heavy atom. The Bertz CT molecular complexity index is 923. The van der Waals surface area contributed by atoms with Crippen molar-refractivity contribution < 1.29 is 26.7 Å². The van der Waals surface area contributed by atoms with Crippen LogP contribution in [0.3, 0.4) is 0 Å². The predicted molar refractivity (Wildman–Crippen MR) is 147 cm³/mol. The highest BCUT2D eigenvalue weighted by atomic mass is 28.5. The van der Waals surface area contributed by atoms with E-state index in [1.54, 1.807) is 18.7 Å². The number of ether oxygens (including phenoxy) is 1. The largest absolute Gasteiger partial charge is 0.494 e. The van der Waals surface area contributed by atoms with Crippen molar-refractivity contribution in [3.05, 3.63) is 65.7 Å². The molecular weight excluding hydrogens is 497 g/mol. The smallest absolute Gasteiger partial charge is 0.475 e. The van der Waals surface area contributed by atoms with E-state index in [1.165, 1.54) is 0 Å². The van der Waals surface area contributed by atoms with E-state index in [4.69, 9.17) is 17.1 Å². The van der Waals surface area contributed by atoms with E-state index in [-0.39, 0.29) is 5.78 Å². The minimum atomic E-state index is -3.30. The van der Waals surface area contributed by atoms with E-state index in [2.05, 4.69) is 19.6 Å². The van der Waals surface area contributed by atoms with Gasteiger partial charge in [-0.3, -0.25) is 4.79 Å². The van der Waals surface area contributed by atoms with Gasteiger partial charge in [-0.15, -0.1) is 0 Å². The Morgan fingerprint density at radius 3 is 1.79 bits per heavy atom. The molecule has 10 heteroatoms. The molecule has 2 aromatic carbocycles. The fourth-order valence-electron chi connectivity index (χ4n) is 3.80. The van der Waals surface area contributed by atoms with Crippen LogP contribution in [-0.2, 0) is 12.3 Å². The van der Waals surface area contributed by atoms with Gasteiger partial charge in [0.25, 0.3) is 0 Å². The number of benzene rings is 2. The molecule has 0 heterocycles. The van der Waals surface area contributed by atoms with Crippen LogP contribution in [-0.4, -0.2) is 51.2 Å². The van der Waals surface area contributed by atoms with Crippen molar-refractivity contribution in [2.75, 3.05) is 6.61 Å². The highest BCUT2D eigenvalue weighted by Crippen LogP contribution is 2.27. The average Bonchev–Trinajstić information content (AvgIpc) is 2.68. The number of carbonyl (C=O) groups is 1. The first-order valence-electron chi connectivity index (χ1n) is 11.7. The molecule has 0 spiro atoms. The predicted octanol–water partition coefficient (Wildman–Crippen LogP) is 6.04. The zero-order chi connectivity index (χ0) is 25.6. The van der Waals surface area contributed by atoms with Gasteiger partial charge in [0, 0.05) is 17.7 Å². The minimum absolute atomic E-state index is 0.00804. The molecular formula is C24H40O6Si4. The Hall–Kier alpha value is -1.38. The average molecular weight is 537 g/mol. The van der Waals surface area contributed by atoms with Gasteiger partial charge in [0.2, 0.25) is 0 Å². The Labute approximate surface area is 209 Å². The standard InChI is InChI=1S/C24H40O6Si4/c1-31(2,3)28-33(7,30-34(8,26)29-32(4,5)6)20-12-19-27-23-17-15-22(16-18-23)24(25)21-13-10-9-11-14-21/h9-11,13-18,26H,12,19-20H2,1-8H3. The number of hydrogen-bond donors (Lipinski definition) is 1. The van der Waals surface area contributed by atoms with Crippen molar-refractivity contribution in [1.29, 1.82) is 0 Å². The van der Waals surface area contributed by atoms with Crippen LogP contribution >= 0.6 is 0 Å². The topological polar surface area (TPSA) is 74.2 Å². The summed E-state index contributed by atoms with van der Waals surface area (Å²) in [6.45, 7) is 16.7. The van der Waals surface area contributed by atoms with Gasteiger partial charge in [0.05, 0.1) is 6.61 Å². The zero-order valence-electron chi connectivity index (χ0n) is 21.8. The molecule has 0 aliphatic carbocycles. The van der Waals surface area contributed by atoms with E-state index in [1.807, 2.05) is 68.7 Å². The normalized spacial score (nSPS) is 15.9. The van der Waals surface area contributed by atoms with E-state index >= 15 is 0 Å². The molecule has 0 saturated heterocycles. The van der Waals surface area contributed by atoms with Crippen LogP contribution in [0, 0.1) is 0 Å². The Kier molecular flexibility index (Phi) is 9.82. The van der Waals surface area contributed by atoms with E-state index in [0.717, 1.165) is 6.42 Å². The fourth-order valence-corrected chi connectivity index (χ4v) is 19.4. The first-order valence-corrected chi connectivity index (χ1v) is 23.3. The highest BCUT2D eigenvalue weighted by Gasteiger charge is 2.46. The number of rotatable bonds is 13. The molecule has 6 nitrogen and oxygen atoms in total. The fraction of sp³-hybridized carbons (Fsp3) is 0.458. The molecule has 0 aromatic heterocycles. The Balaban J connectivity index is 1.95. The van der Waals surface area contributed by atoms with Crippen molar-refractivity contribution in [1.82, 2.24) is 0 Å². The lowest BCUT2D eigenvalue weighted by atomic mass is 10.0. The lowest BCUT2D eigenvalue weighted by Crippen LogP contribution is -2.58. The van der Waals surface area contributed by atoms with Crippen LogP contribution in [0.4, 0.5) is 0 Å². The van der Waals surface area contributed by atoms with E-state index < -0.39 is 34.0 Å². The van der Waals surface area contributed by atoms with Gasteiger partial charge in [-0.25, -0.2) is 0 Å². The lowest BCUT2D eigenvalue weighted by molar-refractivity contribution is 0.103. The van der Waals surface area contributed by atoms with Crippen molar-refractivity contribution in [3.8, 4) is 5.75 Å². The van der Waals surface area contributed by atoms with Gasteiger partial charge < -0.3 is 21.9 Å². The molecule has 0 saturated carbocycles. The zero-order valence-corrected chi connectivity index (χ0v) is 25.8. The van der Waals surface area contributed by atoms with Crippen LogP contribution in [0.25, 0.3) is 0 Å². The second-order valence-electron chi connectivity index (χ2n) is 10.7. The summed E-state index contributed by atoms with van der Waals surface area (Å²) < 4.78 is 24.7. The van der Waals surface area contributed by atoms with Gasteiger partial charge in [-0.1, -0.05) is 30.3 Å². The van der Waals surface area contributed by atoms with Gasteiger partial charge in [0.1, 0.15) is 5.75 Å². The first kappa shape index (κ1) is 28.9. The maximum absolute atomic E-state index is 12.6. The third kappa shape index (κ3) is 10.5. The second-order valence-corrected chi connectivity index (χ2v) is 26.2. The summed E-state index contributed by atoms with van der Waals surface area (Å²) >= 11 is 0. The third-order valence-corrected chi connectivity index (χ3v) is 17.3. The van der Waals surface area contributed by atoms with Crippen molar-refractivity contribution in [2.24, 2.45) is 0 Å². The van der Waals surface area contributed by atoms with Gasteiger partial charge >= 0.3 is 17.4 Å².